The number of carbonyl (C=O) groups excluding carboxylic acids is 1. The Balaban J connectivity index is 1.45. The molecule has 0 saturated carbocycles. The number of hydrogen-bond donors (Lipinski definition) is 0. The lowest BCUT2D eigenvalue weighted by atomic mass is 10.1. The zero-order chi connectivity index (χ0) is 17.2. The normalized spacial score (nSPS) is 15.5. The largest absolute Gasteiger partial charge is 0.489 e. The lowest BCUT2D eigenvalue weighted by molar-refractivity contribution is 0.0588. The average molecular weight is 336 g/mol. The molecule has 4 rings (SSSR count). The highest BCUT2D eigenvalue weighted by molar-refractivity contribution is 5.94. The Bertz CT molecular complexity index is 883. The Morgan fingerprint density at radius 1 is 1.20 bits per heavy atom. The van der Waals surface area contributed by atoms with E-state index < -0.39 is 0 Å². The molecule has 0 radical (unpaired) electrons. The maximum Gasteiger partial charge on any atom is 0.272 e. The zero-order valence-electron chi connectivity index (χ0n) is 14.1. The number of fused-ring (bicyclic) bond motifs is 1. The maximum absolute atomic E-state index is 13.0. The molecule has 4 heterocycles. The van der Waals surface area contributed by atoms with Gasteiger partial charge >= 0.3 is 0 Å². The van der Waals surface area contributed by atoms with Crippen molar-refractivity contribution in [3.05, 3.63) is 60.3 Å². The fraction of sp³-hybridized carbons (Fsp3) is 0.316. The first kappa shape index (κ1) is 15.6. The highest BCUT2D eigenvalue weighted by Gasteiger charge is 2.27. The number of amides is 1. The quantitative estimate of drug-likeness (QED) is 0.738. The molecule has 1 aliphatic heterocycles. The molecule has 6 nitrogen and oxygen atoms in total. The van der Waals surface area contributed by atoms with Crippen LogP contribution in [0.15, 0.2) is 48.9 Å². The zero-order valence-corrected chi connectivity index (χ0v) is 14.1. The van der Waals surface area contributed by atoms with Gasteiger partial charge in [0.15, 0.2) is 0 Å². The number of aromatic nitrogens is 3. The van der Waals surface area contributed by atoms with Gasteiger partial charge in [-0.15, -0.1) is 0 Å². The summed E-state index contributed by atoms with van der Waals surface area (Å²) in [5.74, 6) is 0.820. The fourth-order valence-corrected chi connectivity index (χ4v) is 3.31. The molecule has 0 atom stereocenters. The Morgan fingerprint density at radius 2 is 2.04 bits per heavy atom. The summed E-state index contributed by atoms with van der Waals surface area (Å²) in [6.07, 6.45) is 7.09. The Labute approximate surface area is 146 Å². The molecule has 0 unspecified atom stereocenters. The Kier molecular flexibility index (Phi) is 4.09. The smallest absolute Gasteiger partial charge is 0.272 e. The predicted molar refractivity (Wildman–Crippen MR) is 93.7 cm³/mol. The van der Waals surface area contributed by atoms with Crippen LogP contribution in [0.1, 0.15) is 29.0 Å². The van der Waals surface area contributed by atoms with Crippen molar-refractivity contribution in [2.24, 2.45) is 0 Å². The van der Waals surface area contributed by atoms with Crippen LogP contribution < -0.4 is 4.74 Å². The highest BCUT2D eigenvalue weighted by atomic mass is 16.5. The van der Waals surface area contributed by atoms with E-state index in [4.69, 9.17) is 4.74 Å². The van der Waals surface area contributed by atoms with Crippen molar-refractivity contribution >= 4 is 11.6 Å². The van der Waals surface area contributed by atoms with E-state index in [9.17, 15) is 4.79 Å². The van der Waals surface area contributed by atoms with Gasteiger partial charge < -0.3 is 9.64 Å². The molecule has 3 aromatic heterocycles. The molecule has 0 N–H and O–H groups in total. The molecule has 1 aliphatic rings. The van der Waals surface area contributed by atoms with E-state index in [0.29, 0.717) is 18.8 Å². The van der Waals surface area contributed by atoms with Crippen molar-refractivity contribution in [1.29, 1.82) is 0 Å². The molecule has 0 aliphatic carbocycles. The minimum atomic E-state index is 0.0380. The third-order valence-corrected chi connectivity index (χ3v) is 4.57. The predicted octanol–water partition coefficient (Wildman–Crippen LogP) is 2.72. The Morgan fingerprint density at radius 3 is 2.80 bits per heavy atom. The summed E-state index contributed by atoms with van der Waals surface area (Å²) in [5.41, 5.74) is 2.23. The number of ether oxygens (including phenoxy) is 1. The number of imidazole rings is 1. The van der Waals surface area contributed by atoms with Gasteiger partial charge in [0.2, 0.25) is 0 Å². The molecule has 25 heavy (non-hydrogen) atoms. The molecule has 1 saturated heterocycles. The molecule has 1 fully saturated rings. The van der Waals surface area contributed by atoms with Crippen LogP contribution in [-0.2, 0) is 0 Å². The van der Waals surface area contributed by atoms with Crippen LogP contribution in [0.4, 0.5) is 0 Å². The van der Waals surface area contributed by atoms with E-state index in [1.165, 1.54) is 0 Å². The van der Waals surface area contributed by atoms with Crippen molar-refractivity contribution in [1.82, 2.24) is 19.3 Å². The van der Waals surface area contributed by atoms with Gasteiger partial charge in [-0.1, -0.05) is 6.07 Å². The van der Waals surface area contributed by atoms with E-state index in [2.05, 4.69) is 9.97 Å². The number of hydrogen-bond acceptors (Lipinski definition) is 4. The van der Waals surface area contributed by atoms with Crippen molar-refractivity contribution in [2.75, 3.05) is 13.1 Å². The van der Waals surface area contributed by atoms with Crippen LogP contribution in [-0.4, -0.2) is 44.4 Å². The number of likely N-dealkylation sites (tertiary alicyclic amines) is 1. The fourth-order valence-electron chi connectivity index (χ4n) is 3.31. The standard InChI is InChI=1S/C19H20N4O2/c1-14-18(23-10-3-2-6-17(23)21-14)19(24)22-11-7-15(8-12-22)25-16-5-4-9-20-13-16/h2-6,9-10,13,15H,7-8,11-12H2,1H3. The molecule has 3 aromatic rings. The SMILES string of the molecule is Cc1nc2ccccn2c1C(=O)N1CCC(Oc2cccnc2)CC1. The molecule has 0 aromatic carbocycles. The van der Waals surface area contributed by atoms with E-state index in [1.54, 1.807) is 12.4 Å². The van der Waals surface area contributed by atoms with E-state index in [-0.39, 0.29) is 12.0 Å². The minimum absolute atomic E-state index is 0.0380. The average Bonchev–Trinajstić information content (AvgIpc) is 2.98. The van der Waals surface area contributed by atoms with E-state index in [1.807, 2.05) is 52.8 Å². The van der Waals surface area contributed by atoms with Crippen molar-refractivity contribution in [3.63, 3.8) is 0 Å². The number of pyridine rings is 2. The molecular weight excluding hydrogens is 316 g/mol. The van der Waals surface area contributed by atoms with E-state index in [0.717, 1.165) is 29.9 Å². The van der Waals surface area contributed by atoms with Crippen LogP contribution >= 0.6 is 0 Å². The molecule has 128 valence electrons. The van der Waals surface area contributed by atoms with Crippen molar-refractivity contribution in [3.8, 4) is 5.75 Å². The first-order valence-corrected chi connectivity index (χ1v) is 8.52. The second kappa shape index (κ2) is 6.55. The topological polar surface area (TPSA) is 59.7 Å². The minimum Gasteiger partial charge on any atom is -0.489 e. The molecular formula is C19H20N4O2. The summed E-state index contributed by atoms with van der Waals surface area (Å²) >= 11 is 0. The highest BCUT2D eigenvalue weighted by Crippen LogP contribution is 2.21. The van der Waals surface area contributed by atoms with Gasteiger partial charge in [0, 0.05) is 38.3 Å². The summed E-state index contributed by atoms with van der Waals surface area (Å²) in [4.78, 5) is 23.4. The number of aryl methyl sites for hydroxylation is 1. The first-order valence-electron chi connectivity index (χ1n) is 8.52. The van der Waals surface area contributed by atoms with Gasteiger partial charge in [0.05, 0.1) is 11.9 Å². The van der Waals surface area contributed by atoms with Crippen molar-refractivity contribution < 1.29 is 9.53 Å². The van der Waals surface area contributed by atoms with E-state index >= 15 is 0 Å². The van der Waals surface area contributed by atoms with Crippen LogP contribution in [0.3, 0.4) is 0 Å². The van der Waals surface area contributed by atoms with Crippen LogP contribution in [0.5, 0.6) is 5.75 Å². The summed E-state index contributed by atoms with van der Waals surface area (Å²) in [7, 11) is 0. The van der Waals surface area contributed by atoms with Crippen LogP contribution in [0.25, 0.3) is 5.65 Å². The second-order valence-electron chi connectivity index (χ2n) is 6.27. The van der Waals surface area contributed by atoms with Crippen molar-refractivity contribution in [2.45, 2.75) is 25.9 Å². The summed E-state index contributed by atoms with van der Waals surface area (Å²) in [6, 6.07) is 9.53. The Hall–Kier alpha value is -2.89. The molecule has 1 amide bonds. The lowest BCUT2D eigenvalue weighted by Gasteiger charge is -2.32. The van der Waals surface area contributed by atoms with Crippen LogP contribution in [0, 0.1) is 6.92 Å². The summed E-state index contributed by atoms with van der Waals surface area (Å²) in [6.45, 7) is 3.25. The lowest BCUT2D eigenvalue weighted by Crippen LogP contribution is -2.42. The molecule has 6 heteroatoms. The van der Waals surface area contributed by atoms with Gasteiger partial charge in [0.25, 0.3) is 5.91 Å². The number of piperidine rings is 1. The van der Waals surface area contributed by atoms with Gasteiger partial charge in [-0.2, -0.15) is 0 Å². The van der Waals surface area contributed by atoms with Gasteiger partial charge in [-0.05, 0) is 31.2 Å². The maximum atomic E-state index is 13.0. The molecule has 0 bridgehead atoms. The third-order valence-electron chi connectivity index (χ3n) is 4.57. The van der Waals surface area contributed by atoms with Crippen LogP contribution in [0.2, 0.25) is 0 Å². The monoisotopic (exact) mass is 336 g/mol. The van der Waals surface area contributed by atoms with Gasteiger partial charge in [0.1, 0.15) is 23.2 Å². The summed E-state index contributed by atoms with van der Waals surface area (Å²) < 4.78 is 7.82. The van der Waals surface area contributed by atoms with Gasteiger partial charge in [-0.3, -0.25) is 14.2 Å². The number of nitrogens with zero attached hydrogens (tertiary/aromatic N) is 4. The third kappa shape index (κ3) is 3.07. The first-order chi connectivity index (χ1) is 12.2. The number of carbonyl (C=O) groups is 1. The number of rotatable bonds is 3. The second-order valence-corrected chi connectivity index (χ2v) is 6.27. The molecule has 0 spiro atoms. The van der Waals surface area contributed by atoms with Gasteiger partial charge in [-0.25, -0.2) is 4.98 Å². The summed E-state index contributed by atoms with van der Waals surface area (Å²) in [5, 5.41) is 0.